The normalized spacial score (nSPS) is 25.3. The Labute approximate surface area is 199 Å². The molecular weight excluding hydrogens is 434 g/mol. The second kappa shape index (κ2) is 11.3. The molecule has 1 aliphatic rings. The minimum atomic E-state index is -0.882. The van der Waals surface area contributed by atoms with Crippen molar-refractivity contribution in [3.63, 3.8) is 0 Å². The highest BCUT2D eigenvalue weighted by Crippen LogP contribution is 2.27. The molecule has 1 heterocycles. The van der Waals surface area contributed by atoms with Crippen molar-refractivity contribution in [1.82, 2.24) is 21.3 Å². The minimum absolute atomic E-state index is 0.00579. The molecule has 5 atom stereocenters. The molecule has 0 aromatic heterocycles. The Morgan fingerprint density at radius 1 is 0.676 bits per heavy atom. The maximum atomic E-state index is 13.4. The number of anilines is 1. The van der Waals surface area contributed by atoms with Gasteiger partial charge in [-0.2, -0.15) is 0 Å². The first-order valence-electron chi connectivity index (χ1n) is 11.3. The monoisotopic (exact) mass is 465 g/mol. The van der Waals surface area contributed by atoms with Crippen LogP contribution in [0, 0.1) is 5.92 Å². The van der Waals surface area contributed by atoms with Gasteiger partial charge in [0.1, 0.15) is 18.1 Å². The Bertz CT molecular complexity index is 1010. The van der Waals surface area contributed by atoms with Crippen molar-refractivity contribution in [3.8, 4) is 0 Å². The van der Waals surface area contributed by atoms with E-state index in [1.807, 2.05) is 60.7 Å². The second-order valence-electron chi connectivity index (χ2n) is 8.44. The van der Waals surface area contributed by atoms with Crippen molar-refractivity contribution >= 4 is 29.3 Å². The smallest absolute Gasteiger partial charge is 0.242 e. The van der Waals surface area contributed by atoms with E-state index in [9.17, 15) is 19.2 Å². The maximum absolute atomic E-state index is 13.4. The standard InChI is InChI=1S/C25H31N5O4/c1-15-22(31)26-14-20(25(34)29-17(3)24(33)28-16(2)23(32)27-15)21(18-10-6-4-7-11-18)30-19-12-8-5-9-13-19/h4-13,15-17,20-21,30H,14H2,1-3H3,(H,26,31)(H,27,32)(H,28,33)(H,29,34)/t15-,16-,17-,20+,21-/m0/s1. The third-order valence-corrected chi connectivity index (χ3v) is 5.75. The topological polar surface area (TPSA) is 128 Å². The molecule has 9 nitrogen and oxygen atoms in total. The average Bonchev–Trinajstić information content (AvgIpc) is 2.83. The molecule has 0 unspecified atom stereocenters. The van der Waals surface area contributed by atoms with Crippen molar-refractivity contribution in [3.05, 3.63) is 66.2 Å². The lowest BCUT2D eigenvalue weighted by atomic mass is 9.91. The molecular formula is C25H31N5O4. The molecule has 1 saturated heterocycles. The largest absolute Gasteiger partial charge is 0.377 e. The molecule has 9 heteroatoms. The molecule has 0 radical (unpaired) electrons. The molecule has 0 saturated carbocycles. The van der Waals surface area contributed by atoms with Gasteiger partial charge in [-0.05, 0) is 38.5 Å². The van der Waals surface area contributed by atoms with Crippen LogP contribution in [0.4, 0.5) is 5.69 Å². The van der Waals surface area contributed by atoms with E-state index in [1.165, 1.54) is 6.92 Å². The van der Waals surface area contributed by atoms with Gasteiger partial charge in [0.2, 0.25) is 23.6 Å². The summed E-state index contributed by atoms with van der Waals surface area (Å²) in [6.07, 6.45) is 0. The van der Waals surface area contributed by atoms with Gasteiger partial charge in [-0.1, -0.05) is 48.5 Å². The number of para-hydroxylation sites is 1. The van der Waals surface area contributed by atoms with E-state index in [2.05, 4.69) is 26.6 Å². The quantitative estimate of drug-likeness (QED) is 0.462. The van der Waals surface area contributed by atoms with Gasteiger partial charge >= 0.3 is 0 Å². The third-order valence-electron chi connectivity index (χ3n) is 5.75. The highest BCUT2D eigenvalue weighted by Gasteiger charge is 2.33. The van der Waals surface area contributed by atoms with E-state index >= 15 is 0 Å². The number of carbonyl (C=O) groups excluding carboxylic acids is 4. The fourth-order valence-electron chi connectivity index (χ4n) is 3.71. The van der Waals surface area contributed by atoms with Crippen LogP contribution in [-0.2, 0) is 19.2 Å². The lowest BCUT2D eigenvalue weighted by Gasteiger charge is -2.30. The number of carbonyl (C=O) groups is 4. The molecule has 0 aliphatic carbocycles. The predicted molar refractivity (Wildman–Crippen MR) is 129 cm³/mol. The zero-order valence-corrected chi connectivity index (χ0v) is 19.5. The van der Waals surface area contributed by atoms with Crippen molar-refractivity contribution in [2.45, 2.75) is 44.9 Å². The van der Waals surface area contributed by atoms with Crippen molar-refractivity contribution in [2.75, 3.05) is 11.9 Å². The van der Waals surface area contributed by atoms with Gasteiger partial charge in [0.25, 0.3) is 0 Å². The SMILES string of the molecule is C[C@@H]1NC(=O)[C@H](C)NC(=O)[C@H](C)NC(=O)[C@@H]([C@@H](Nc2ccccc2)c2ccccc2)CNC1=O. The van der Waals surface area contributed by atoms with Gasteiger partial charge in [-0.3, -0.25) is 19.2 Å². The molecule has 0 spiro atoms. The Morgan fingerprint density at radius 3 is 1.71 bits per heavy atom. The van der Waals surface area contributed by atoms with E-state index in [1.54, 1.807) is 13.8 Å². The highest BCUT2D eigenvalue weighted by molar-refractivity contribution is 5.94. The lowest BCUT2D eigenvalue weighted by molar-refractivity contribution is -0.132. The van der Waals surface area contributed by atoms with E-state index in [0.29, 0.717) is 0 Å². The van der Waals surface area contributed by atoms with Crippen LogP contribution in [0.3, 0.4) is 0 Å². The van der Waals surface area contributed by atoms with Gasteiger partial charge in [-0.15, -0.1) is 0 Å². The molecule has 34 heavy (non-hydrogen) atoms. The molecule has 2 aromatic carbocycles. The summed E-state index contributed by atoms with van der Waals surface area (Å²) in [4.78, 5) is 51.1. The predicted octanol–water partition coefficient (Wildman–Crippen LogP) is 1.10. The molecule has 4 amide bonds. The summed E-state index contributed by atoms with van der Waals surface area (Å²) in [7, 11) is 0. The first-order chi connectivity index (χ1) is 16.3. The zero-order valence-electron chi connectivity index (χ0n) is 19.5. The summed E-state index contributed by atoms with van der Waals surface area (Å²) < 4.78 is 0. The molecule has 1 aliphatic heterocycles. The fraction of sp³-hybridized carbons (Fsp3) is 0.360. The Balaban J connectivity index is 1.96. The Morgan fingerprint density at radius 2 is 1.15 bits per heavy atom. The fourth-order valence-corrected chi connectivity index (χ4v) is 3.71. The van der Waals surface area contributed by atoms with Crippen LogP contribution in [-0.4, -0.2) is 48.3 Å². The zero-order chi connectivity index (χ0) is 24.7. The number of hydrogen-bond acceptors (Lipinski definition) is 5. The van der Waals surface area contributed by atoms with Crippen LogP contribution in [0.15, 0.2) is 60.7 Å². The number of rotatable bonds is 4. The van der Waals surface area contributed by atoms with E-state index in [-0.39, 0.29) is 6.54 Å². The number of amides is 4. The van der Waals surface area contributed by atoms with Crippen LogP contribution in [0.1, 0.15) is 32.4 Å². The van der Waals surface area contributed by atoms with Crippen LogP contribution < -0.4 is 26.6 Å². The van der Waals surface area contributed by atoms with Gasteiger partial charge in [-0.25, -0.2) is 0 Å². The van der Waals surface area contributed by atoms with Crippen LogP contribution in [0.2, 0.25) is 0 Å². The van der Waals surface area contributed by atoms with E-state index in [4.69, 9.17) is 0 Å². The maximum Gasteiger partial charge on any atom is 0.242 e. The number of nitrogens with one attached hydrogen (secondary N) is 5. The minimum Gasteiger partial charge on any atom is -0.377 e. The Hall–Kier alpha value is -3.88. The molecule has 1 fully saturated rings. The highest BCUT2D eigenvalue weighted by atomic mass is 16.2. The Kier molecular flexibility index (Phi) is 8.24. The molecule has 3 rings (SSSR count). The van der Waals surface area contributed by atoms with E-state index in [0.717, 1.165) is 11.3 Å². The van der Waals surface area contributed by atoms with E-state index < -0.39 is 53.7 Å². The molecule has 180 valence electrons. The second-order valence-corrected chi connectivity index (χ2v) is 8.44. The first kappa shape index (κ1) is 24.8. The van der Waals surface area contributed by atoms with Crippen molar-refractivity contribution in [1.29, 1.82) is 0 Å². The van der Waals surface area contributed by atoms with Gasteiger partial charge in [0.05, 0.1) is 12.0 Å². The summed E-state index contributed by atoms with van der Waals surface area (Å²) >= 11 is 0. The van der Waals surface area contributed by atoms with Crippen LogP contribution in [0.5, 0.6) is 0 Å². The summed E-state index contributed by atoms with van der Waals surface area (Å²) in [5, 5.41) is 14.1. The van der Waals surface area contributed by atoms with Gasteiger partial charge in [0, 0.05) is 12.2 Å². The lowest BCUT2D eigenvalue weighted by Crippen LogP contribution is -2.54. The van der Waals surface area contributed by atoms with Crippen LogP contribution >= 0.6 is 0 Å². The van der Waals surface area contributed by atoms with Crippen molar-refractivity contribution in [2.24, 2.45) is 5.92 Å². The average molecular weight is 466 g/mol. The number of hydrogen-bond donors (Lipinski definition) is 5. The number of benzene rings is 2. The third kappa shape index (κ3) is 6.34. The summed E-state index contributed by atoms with van der Waals surface area (Å²) in [5.74, 6) is -2.57. The summed E-state index contributed by atoms with van der Waals surface area (Å²) in [6.45, 7) is 4.62. The molecule has 5 N–H and O–H groups in total. The molecule has 0 bridgehead atoms. The summed E-state index contributed by atoms with van der Waals surface area (Å²) in [6, 6.07) is 15.8. The van der Waals surface area contributed by atoms with Crippen molar-refractivity contribution < 1.29 is 19.2 Å². The van der Waals surface area contributed by atoms with Crippen LogP contribution in [0.25, 0.3) is 0 Å². The first-order valence-corrected chi connectivity index (χ1v) is 11.3. The summed E-state index contributed by atoms with van der Waals surface area (Å²) in [5.41, 5.74) is 1.65. The molecule has 2 aromatic rings. The van der Waals surface area contributed by atoms with Gasteiger partial charge in [0.15, 0.2) is 0 Å². The van der Waals surface area contributed by atoms with Gasteiger partial charge < -0.3 is 26.6 Å².